The monoisotopic (exact) mass is 538 g/mol. The van der Waals surface area contributed by atoms with E-state index >= 15 is 4.39 Å². The third kappa shape index (κ3) is 6.25. The van der Waals surface area contributed by atoms with Crippen LogP contribution in [0.25, 0.3) is 11.1 Å². The molecular formula is C28H21Cl2FN2O4. The number of carbonyl (C=O) groups is 1. The number of aromatic nitrogens is 1. The van der Waals surface area contributed by atoms with Gasteiger partial charge < -0.3 is 15.1 Å². The quantitative estimate of drug-likeness (QED) is 0.0817. The molecule has 1 unspecified atom stereocenters. The van der Waals surface area contributed by atoms with Crippen LogP contribution in [-0.4, -0.2) is 27.2 Å². The molecule has 2 N–H and O–H groups in total. The molecule has 0 bridgehead atoms. The number of pyridine rings is 1. The molecule has 0 saturated carbocycles. The van der Waals surface area contributed by atoms with E-state index in [0.717, 1.165) is 22.4 Å². The van der Waals surface area contributed by atoms with Crippen LogP contribution >= 0.6 is 23.2 Å². The third-order valence-electron chi connectivity index (χ3n) is 5.86. The van der Waals surface area contributed by atoms with Crippen molar-refractivity contribution < 1.29 is 24.2 Å². The predicted octanol–water partition coefficient (Wildman–Crippen LogP) is 7.96. The Labute approximate surface area is 222 Å². The van der Waals surface area contributed by atoms with Gasteiger partial charge in [0, 0.05) is 34.8 Å². The van der Waals surface area contributed by atoms with E-state index in [-0.39, 0.29) is 22.2 Å². The predicted molar refractivity (Wildman–Crippen MR) is 141 cm³/mol. The maximum atomic E-state index is 15.1. The molecule has 6 nitrogen and oxygen atoms in total. The zero-order chi connectivity index (χ0) is 26.5. The van der Waals surface area contributed by atoms with Crippen LogP contribution in [0.2, 0.25) is 10.0 Å². The molecule has 0 spiro atoms. The third-order valence-corrected chi connectivity index (χ3v) is 6.39. The highest BCUT2D eigenvalue weighted by Crippen LogP contribution is 2.35. The van der Waals surface area contributed by atoms with Crippen LogP contribution in [0.15, 0.2) is 84.1 Å². The first kappa shape index (κ1) is 26.1. The largest absolute Gasteiger partial charge is 0.511 e. The lowest BCUT2D eigenvalue weighted by atomic mass is 9.84. The molecule has 0 fully saturated rings. The summed E-state index contributed by atoms with van der Waals surface area (Å²) < 4.78 is 19.7. The number of benzene rings is 3. The van der Waals surface area contributed by atoms with E-state index in [4.69, 9.17) is 28.3 Å². The Kier molecular flexibility index (Phi) is 8.06. The van der Waals surface area contributed by atoms with Gasteiger partial charge in [-0.3, -0.25) is 4.98 Å². The molecule has 1 atom stereocenters. The average Bonchev–Trinajstić information content (AvgIpc) is 2.86. The van der Waals surface area contributed by atoms with Crippen molar-refractivity contribution in [2.45, 2.75) is 19.3 Å². The van der Waals surface area contributed by atoms with Gasteiger partial charge in [0.1, 0.15) is 5.82 Å². The van der Waals surface area contributed by atoms with Gasteiger partial charge in [-0.1, -0.05) is 64.8 Å². The van der Waals surface area contributed by atoms with Crippen LogP contribution in [-0.2, 0) is 0 Å². The van der Waals surface area contributed by atoms with Crippen molar-refractivity contribution in [3.05, 3.63) is 117 Å². The topological polar surface area (TPSA) is 92.0 Å². The van der Waals surface area contributed by atoms with Gasteiger partial charge in [0.2, 0.25) is 0 Å². The minimum atomic E-state index is -1.45. The Hall–Kier alpha value is -3.94. The molecule has 0 radical (unpaired) electrons. The Morgan fingerprint density at radius 3 is 2.38 bits per heavy atom. The summed E-state index contributed by atoms with van der Waals surface area (Å²) in [6, 6.07) is 20.2. The van der Waals surface area contributed by atoms with E-state index < -0.39 is 17.9 Å². The fourth-order valence-corrected chi connectivity index (χ4v) is 4.47. The van der Waals surface area contributed by atoms with Crippen molar-refractivity contribution in [2.75, 3.05) is 0 Å². The van der Waals surface area contributed by atoms with Gasteiger partial charge in [-0.25, -0.2) is 9.18 Å². The van der Waals surface area contributed by atoms with Gasteiger partial charge >= 0.3 is 6.16 Å². The Morgan fingerprint density at radius 1 is 1.03 bits per heavy atom. The van der Waals surface area contributed by atoms with Crippen LogP contribution < -0.4 is 4.74 Å². The molecule has 9 heteroatoms. The Balaban J connectivity index is 1.70. The van der Waals surface area contributed by atoms with Gasteiger partial charge in [-0.15, -0.1) is 0 Å². The average molecular weight is 539 g/mol. The molecule has 4 aromatic rings. The fourth-order valence-electron chi connectivity index (χ4n) is 4.09. The fraction of sp³-hybridized carbons (Fsp3) is 0.107. The number of rotatable bonds is 7. The number of hydrogen-bond acceptors (Lipinski definition) is 5. The number of oxime groups is 1. The summed E-state index contributed by atoms with van der Waals surface area (Å²) in [6.45, 7) is 1.83. The molecule has 0 amide bonds. The summed E-state index contributed by atoms with van der Waals surface area (Å²) >= 11 is 12.2. The maximum absolute atomic E-state index is 15.1. The van der Waals surface area contributed by atoms with Crippen LogP contribution in [0, 0.1) is 12.7 Å². The Bertz CT molecular complexity index is 1480. The number of hydrogen-bond donors (Lipinski definition) is 2. The normalized spacial score (nSPS) is 12.3. The highest BCUT2D eigenvalue weighted by molar-refractivity contribution is 6.32. The molecular weight excluding hydrogens is 518 g/mol. The van der Waals surface area contributed by atoms with E-state index in [1.165, 1.54) is 12.1 Å². The maximum Gasteiger partial charge on any atom is 0.511 e. The number of ether oxygens (including phenoxy) is 1. The number of nitrogens with zero attached hydrogens (tertiary/aromatic N) is 2. The van der Waals surface area contributed by atoms with Crippen LogP contribution in [0.1, 0.15) is 34.7 Å². The van der Waals surface area contributed by atoms with Gasteiger partial charge in [0.25, 0.3) is 0 Å². The first-order valence-electron chi connectivity index (χ1n) is 11.1. The van der Waals surface area contributed by atoms with E-state index in [1.54, 1.807) is 42.6 Å². The van der Waals surface area contributed by atoms with Crippen molar-refractivity contribution in [1.82, 2.24) is 4.98 Å². The molecule has 188 valence electrons. The number of halogens is 3. The summed E-state index contributed by atoms with van der Waals surface area (Å²) in [7, 11) is 0. The van der Waals surface area contributed by atoms with E-state index in [0.29, 0.717) is 16.8 Å². The molecule has 0 saturated heterocycles. The molecule has 0 aliphatic rings. The number of carboxylic acid groups (broad SMARTS) is 1. The highest BCUT2D eigenvalue weighted by Gasteiger charge is 2.22. The van der Waals surface area contributed by atoms with E-state index in [2.05, 4.69) is 14.9 Å². The van der Waals surface area contributed by atoms with E-state index in [9.17, 15) is 10.0 Å². The second-order valence-corrected chi connectivity index (χ2v) is 9.13. The minimum Gasteiger partial charge on any atom is -0.449 e. The first-order chi connectivity index (χ1) is 17.7. The lowest BCUT2D eigenvalue weighted by molar-refractivity contribution is 0.144. The zero-order valence-corrected chi connectivity index (χ0v) is 21.0. The van der Waals surface area contributed by atoms with Gasteiger partial charge in [-0.05, 0) is 65.6 Å². The van der Waals surface area contributed by atoms with Gasteiger partial charge in [0.15, 0.2) is 5.75 Å². The van der Waals surface area contributed by atoms with Crippen molar-refractivity contribution in [3.8, 4) is 16.9 Å². The van der Waals surface area contributed by atoms with Crippen molar-refractivity contribution in [3.63, 3.8) is 0 Å². The molecule has 0 aliphatic heterocycles. The summed E-state index contributed by atoms with van der Waals surface area (Å²) in [5, 5.41) is 22.6. The Morgan fingerprint density at radius 2 is 1.76 bits per heavy atom. The SMILES string of the molecule is Cc1cc(/C(CC(c2ccc(-c3ccc(OC(=O)O)c(Cl)c3)cc2)c2ccc(Cl)cc2F)=N/O)ccn1. The smallest absolute Gasteiger partial charge is 0.449 e. The summed E-state index contributed by atoms with van der Waals surface area (Å²) in [6.07, 6.45) is 0.387. The minimum absolute atomic E-state index is 0.0370. The second kappa shape index (κ2) is 11.4. The molecule has 3 aromatic carbocycles. The zero-order valence-electron chi connectivity index (χ0n) is 19.5. The molecule has 0 aliphatic carbocycles. The van der Waals surface area contributed by atoms with Gasteiger partial charge in [0.05, 0.1) is 10.7 Å². The summed E-state index contributed by atoms with van der Waals surface area (Å²) in [4.78, 5) is 15.0. The summed E-state index contributed by atoms with van der Waals surface area (Å²) in [5.74, 6) is -0.916. The molecule has 1 heterocycles. The van der Waals surface area contributed by atoms with Crippen LogP contribution in [0.5, 0.6) is 5.75 Å². The standard InChI is InChI=1S/C28H21Cl2FN2O4/c1-16-12-20(10-11-32-16)26(33-36)15-23(22-8-7-21(29)14-25(22)31)18-4-2-17(3-5-18)19-6-9-27(24(30)13-19)37-28(34)35/h2-14,23,36H,15H2,1H3,(H,34,35)/b33-26+. The number of aryl methyl sites for hydroxylation is 1. The summed E-state index contributed by atoms with van der Waals surface area (Å²) in [5.41, 5.74) is 4.57. The second-order valence-electron chi connectivity index (χ2n) is 8.29. The van der Waals surface area contributed by atoms with Crippen LogP contribution in [0.3, 0.4) is 0 Å². The lowest BCUT2D eigenvalue weighted by Crippen LogP contribution is -2.12. The molecule has 1 aromatic heterocycles. The lowest BCUT2D eigenvalue weighted by Gasteiger charge is -2.20. The van der Waals surface area contributed by atoms with E-state index in [1.807, 2.05) is 31.2 Å². The van der Waals surface area contributed by atoms with Crippen molar-refractivity contribution in [2.24, 2.45) is 5.16 Å². The molecule has 37 heavy (non-hydrogen) atoms. The molecule has 4 rings (SSSR count). The van der Waals surface area contributed by atoms with Crippen molar-refractivity contribution >= 4 is 35.1 Å². The highest BCUT2D eigenvalue weighted by atomic mass is 35.5. The first-order valence-corrected chi connectivity index (χ1v) is 11.9. The van der Waals surface area contributed by atoms with Crippen LogP contribution in [0.4, 0.5) is 9.18 Å². The van der Waals surface area contributed by atoms with Crippen molar-refractivity contribution in [1.29, 1.82) is 0 Å². The van der Waals surface area contributed by atoms with Gasteiger partial charge in [-0.2, -0.15) is 0 Å².